The van der Waals surface area contributed by atoms with Crippen LogP contribution in [-0.2, 0) is 38.4 Å². The van der Waals surface area contributed by atoms with Crippen molar-refractivity contribution in [2.75, 3.05) is 32.8 Å². The van der Waals surface area contributed by atoms with Crippen molar-refractivity contribution in [1.29, 1.82) is 0 Å². The highest BCUT2D eigenvalue weighted by atomic mass is 16.6. The lowest BCUT2D eigenvalue weighted by Crippen LogP contribution is -2.40. The molecule has 0 aliphatic carbocycles. The summed E-state index contributed by atoms with van der Waals surface area (Å²) in [5, 5.41) is 0. The fourth-order valence-corrected chi connectivity index (χ4v) is 4.79. The number of ether oxygens (including phenoxy) is 4. The number of esters is 1. The monoisotopic (exact) mass is 552 g/mol. The zero-order valence-corrected chi connectivity index (χ0v) is 23.9. The van der Waals surface area contributed by atoms with Gasteiger partial charge in [0.1, 0.15) is 23.2 Å². The second-order valence-electron chi connectivity index (χ2n) is 11.3. The van der Waals surface area contributed by atoms with E-state index in [9.17, 15) is 14.4 Å². The summed E-state index contributed by atoms with van der Waals surface area (Å²) < 4.78 is 22.6. The molecule has 0 unspecified atom stereocenters. The van der Waals surface area contributed by atoms with Gasteiger partial charge in [-0.1, -0.05) is 18.2 Å². The van der Waals surface area contributed by atoms with Crippen LogP contribution in [0, 0.1) is 0 Å². The van der Waals surface area contributed by atoms with Gasteiger partial charge in [0.15, 0.2) is 6.61 Å². The van der Waals surface area contributed by atoms with E-state index in [1.54, 1.807) is 11.8 Å². The van der Waals surface area contributed by atoms with Crippen molar-refractivity contribution >= 4 is 18.0 Å². The van der Waals surface area contributed by atoms with Gasteiger partial charge < -0.3 is 28.7 Å². The number of carbonyl (C=O) groups is 3. The molecule has 40 heavy (non-hydrogen) atoms. The van der Waals surface area contributed by atoms with Gasteiger partial charge in [-0.05, 0) is 68.1 Å². The van der Waals surface area contributed by atoms with E-state index in [4.69, 9.17) is 18.9 Å². The number of fused-ring (bicyclic) bond motifs is 1. The zero-order valence-electron chi connectivity index (χ0n) is 23.9. The van der Waals surface area contributed by atoms with Crippen molar-refractivity contribution in [3.63, 3.8) is 0 Å². The highest BCUT2D eigenvalue weighted by molar-refractivity contribution is 5.73. The summed E-state index contributed by atoms with van der Waals surface area (Å²) in [7, 11) is 0. The summed E-state index contributed by atoms with van der Waals surface area (Å²) in [6.07, 6.45) is 2.76. The maximum absolute atomic E-state index is 12.4. The molecule has 0 aromatic heterocycles. The summed E-state index contributed by atoms with van der Waals surface area (Å²) in [4.78, 5) is 39.7. The van der Waals surface area contributed by atoms with E-state index in [-0.39, 0.29) is 31.3 Å². The van der Waals surface area contributed by atoms with Crippen molar-refractivity contribution in [2.45, 2.75) is 71.6 Å². The van der Waals surface area contributed by atoms with E-state index in [0.717, 1.165) is 54.8 Å². The summed E-state index contributed by atoms with van der Waals surface area (Å²) in [5.41, 5.74) is 2.63. The normalized spacial score (nSPS) is 15.7. The molecule has 0 spiro atoms. The molecule has 0 bridgehead atoms. The average Bonchev–Trinajstić information content (AvgIpc) is 2.92. The SMILES string of the molecule is CC(=O)N1CCC(Oc2ccc(CCOC(=O)COc3ccc4c(c3)CN(C(=O)OC(C)(C)C)CC4)cc2)CC1. The number of hydrogen-bond donors (Lipinski definition) is 0. The summed E-state index contributed by atoms with van der Waals surface area (Å²) in [5.74, 6) is 1.03. The van der Waals surface area contributed by atoms with E-state index in [2.05, 4.69) is 0 Å². The van der Waals surface area contributed by atoms with Crippen LogP contribution in [0.25, 0.3) is 0 Å². The molecule has 0 radical (unpaired) electrons. The van der Waals surface area contributed by atoms with Gasteiger partial charge in [0, 0.05) is 52.4 Å². The molecule has 2 amide bonds. The predicted octanol–water partition coefficient (Wildman–Crippen LogP) is 4.53. The zero-order chi connectivity index (χ0) is 28.7. The average molecular weight is 553 g/mol. The quantitative estimate of drug-likeness (QED) is 0.444. The van der Waals surface area contributed by atoms with Crippen molar-refractivity contribution in [3.05, 3.63) is 59.2 Å². The fraction of sp³-hybridized carbons (Fsp3) is 0.516. The minimum absolute atomic E-state index is 0.112. The predicted molar refractivity (Wildman–Crippen MR) is 149 cm³/mol. The molecule has 1 fully saturated rings. The molecule has 2 aliphatic heterocycles. The molecule has 2 aromatic rings. The smallest absolute Gasteiger partial charge is 0.410 e. The fourth-order valence-electron chi connectivity index (χ4n) is 4.79. The molecule has 2 aliphatic rings. The van der Waals surface area contributed by atoms with Crippen LogP contribution in [0.1, 0.15) is 57.2 Å². The number of hydrogen-bond acceptors (Lipinski definition) is 7. The number of rotatable bonds is 8. The van der Waals surface area contributed by atoms with E-state index in [1.165, 1.54) is 0 Å². The van der Waals surface area contributed by atoms with E-state index < -0.39 is 11.6 Å². The molecular formula is C31H40N2O7. The van der Waals surface area contributed by atoms with Gasteiger partial charge in [-0.2, -0.15) is 0 Å². The lowest BCUT2D eigenvalue weighted by atomic mass is 10.00. The van der Waals surface area contributed by atoms with Gasteiger partial charge in [-0.3, -0.25) is 4.79 Å². The van der Waals surface area contributed by atoms with Crippen LogP contribution in [0.5, 0.6) is 11.5 Å². The highest BCUT2D eigenvalue weighted by Gasteiger charge is 2.26. The molecule has 0 atom stereocenters. The molecule has 2 aromatic carbocycles. The number of likely N-dealkylation sites (tertiary alicyclic amines) is 1. The van der Waals surface area contributed by atoms with Crippen LogP contribution in [0.4, 0.5) is 4.79 Å². The van der Waals surface area contributed by atoms with Gasteiger partial charge in [-0.15, -0.1) is 0 Å². The second kappa shape index (κ2) is 13.1. The maximum atomic E-state index is 12.4. The Hall–Kier alpha value is -3.75. The van der Waals surface area contributed by atoms with Gasteiger partial charge in [0.05, 0.1) is 6.61 Å². The van der Waals surface area contributed by atoms with E-state index in [0.29, 0.717) is 25.3 Å². The molecule has 9 nitrogen and oxygen atoms in total. The van der Waals surface area contributed by atoms with E-state index in [1.807, 2.05) is 68.1 Å². The molecule has 0 saturated carbocycles. The van der Waals surface area contributed by atoms with Gasteiger partial charge in [-0.25, -0.2) is 9.59 Å². The van der Waals surface area contributed by atoms with Crippen molar-refractivity contribution < 1.29 is 33.3 Å². The second-order valence-corrected chi connectivity index (χ2v) is 11.3. The van der Waals surface area contributed by atoms with Crippen LogP contribution >= 0.6 is 0 Å². The van der Waals surface area contributed by atoms with Crippen LogP contribution in [0.15, 0.2) is 42.5 Å². The molecule has 4 rings (SSSR count). The van der Waals surface area contributed by atoms with E-state index >= 15 is 0 Å². The third-order valence-corrected chi connectivity index (χ3v) is 6.97. The summed E-state index contributed by atoms with van der Waals surface area (Å²) >= 11 is 0. The van der Waals surface area contributed by atoms with Crippen molar-refractivity contribution in [2.24, 2.45) is 0 Å². The minimum Gasteiger partial charge on any atom is -0.490 e. The summed E-state index contributed by atoms with van der Waals surface area (Å²) in [6.45, 7) is 9.71. The summed E-state index contributed by atoms with van der Waals surface area (Å²) in [6, 6.07) is 13.5. The van der Waals surface area contributed by atoms with Crippen LogP contribution < -0.4 is 9.47 Å². The Labute approximate surface area is 236 Å². The maximum Gasteiger partial charge on any atom is 0.410 e. The van der Waals surface area contributed by atoms with Crippen LogP contribution in [0.3, 0.4) is 0 Å². The van der Waals surface area contributed by atoms with Crippen molar-refractivity contribution in [3.8, 4) is 11.5 Å². The number of amides is 2. The largest absolute Gasteiger partial charge is 0.490 e. The van der Waals surface area contributed by atoms with Crippen LogP contribution in [0.2, 0.25) is 0 Å². The molecular weight excluding hydrogens is 512 g/mol. The molecule has 1 saturated heterocycles. The first-order valence-corrected chi connectivity index (χ1v) is 13.9. The first-order valence-electron chi connectivity index (χ1n) is 13.9. The van der Waals surface area contributed by atoms with Gasteiger partial charge in [0.2, 0.25) is 5.91 Å². The topological polar surface area (TPSA) is 94.6 Å². The molecule has 216 valence electrons. The first-order chi connectivity index (χ1) is 19.1. The Morgan fingerprint density at radius 2 is 1.60 bits per heavy atom. The standard InChI is InChI=1S/C31H40N2O7/c1-22(34)32-16-12-27(13-17-32)39-26-8-5-23(6-9-26)14-18-37-29(35)21-38-28-10-7-24-11-15-33(20-25(24)19-28)30(36)40-31(2,3)4/h5-10,19,27H,11-18,20-21H2,1-4H3. The Balaban J connectivity index is 1.16. The Morgan fingerprint density at radius 3 is 2.27 bits per heavy atom. The minimum atomic E-state index is -0.545. The van der Waals surface area contributed by atoms with Gasteiger partial charge in [0.25, 0.3) is 0 Å². The van der Waals surface area contributed by atoms with Crippen molar-refractivity contribution in [1.82, 2.24) is 9.80 Å². The number of benzene rings is 2. The molecule has 9 heteroatoms. The highest BCUT2D eigenvalue weighted by Crippen LogP contribution is 2.25. The lowest BCUT2D eigenvalue weighted by molar-refractivity contribution is -0.145. The third kappa shape index (κ3) is 8.63. The first kappa shape index (κ1) is 29.2. The number of carbonyl (C=O) groups excluding carboxylic acids is 3. The lowest BCUT2D eigenvalue weighted by Gasteiger charge is -2.31. The third-order valence-electron chi connectivity index (χ3n) is 6.97. The Bertz CT molecular complexity index is 1180. The molecule has 2 heterocycles. The Morgan fingerprint density at radius 1 is 0.900 bits per heavy atom. The Kier molecular flexibility index (Phi) is 9.55. The number of piperidine rings is 1. The van der Waals surface area contributed by atoms with Crippen LogP contribution in [-0.4, -0.2) is 72.3 Å². The van der Waals surface area contributed by atoms with Gasteiger partial charge >= 0.3 is 12.1 Å². The molecule has 0 N–H and O–H groups in total. The number of nitrogens with zero attached hydrogens (tertiary/aromatic N) is 2.